The van der Waals surface area contributed by atoms with Gasteiger partial charge in [-0.05, 0) is 42.3 Å². The minimum absolute atomic E-state index is 0.192. The third-order valence-corrected chi connectivity index (χ3v) is 6.34. The molecule has 0 aliphatic rings. The van der Waals surface area contributed by atoms with Crippen LogP contribution in [0.3, 0.4) is 0 Å². The second kappa shape index (κ2) is 10.1. The number of amides is 1. The van der Waals surface area contributed by atoms with Crippen molar-refractivity contribution < 1.29 is 9.53 Å². The number of carbonyl (C=O) groups excluding carboxylic acids is 1. The minimum atomic E-state index is -0.395. The smallest absolute Gasteiger partial charge is 0.350 e. The lowest BCUT2D eigenvalue weighted by molar-refractivity contribution is -0.122. The molecular formula is C23H22ClN5O3S. The minimum Gasteiger partial charge on any atom is -0.497 e. The first-order chi connectivity index (χ1) is 15.9. The number of hydrogen-bond donors (Lipinski definition) is 1. The van der Waals surface area contributed by atoms with Crippen LogP contribution in [0.2, 0.25) is 5.02 Å². The Morgan fingerprint density at radius 3 is 2.61 bits per heavy atom. The first-order valence-corrected chi connectivity index (χ1v) is 11.6. The Labute approximate surface area is 199 Å². The van der Waals surface area contributed by atoms with Gasteiger partial charge in [0.1, 0.15) is 17.3 Å². The predicted octanol–water partition coefficient (Wildman–Crippen LogP) is 3.72. The van der Waals surface area contributed by atoms with Gasteiger partial charge in [0, 0.05) is 23.2 Å². The molecule has 2 aromatic heterocycles. The second-order valence-electron chi connectivity index (χ2n) is 7.34. The van der Waals surface area contributed by atoms with E-state index in [9.17, 15) is 9.59 Å². The number of aromatic nitrogens is 4. The maximum absolute atomic E-state index is 12.8. The highest BCUT2D eigenvalue weighted by atomic mass is 35.5. The van der Waals surface area contributed by atoms with Gasteiger partial charge in [0.2, 0.25) is 5.91 Å². The maximum atomic E-state index is 12.8. The molecule has 0 radical (unpaired) electrons. The molecule has 33 heavy (non-hydrogen) atoms. The van der Waals surface area contributed by atoms with Crippen LogP contribution in [-0.4, -0.2) is 32.2 Å². The van der Waals surface area contributed by atoms with Crippen LogP contribution in [-0.2, 0) is 17.1 Å². The first-order valence-electron chi connectivity index (χ1n) is 10.2. The zero-order valence-corrected chi connectivity index (χ0v) is 19.6. The molecular weight excluding hydrogens is 462 g/mol. The lowest BCUT2D eigenvalue weighted by atomic mass is 10.1. The molecule has 1 atom stereocenters. The molecule has 1 amide bonds. The van der Waals surface area contributed by atoms with Crippen molar-refractivity contribution in [3.05, 3.63) is 87.6 Å². The normalized spacial score (nSPS) is 12.0. The largest absolute Gasteiger partial charge is 0.497 e. The Kier molecular flexibility index (Phi) is 7.00. The van der Waals surface area contributed by atoms with Gasteiger partial charge in [0.25, 0.3) is 0 Å². The molecule has 170 valence electrons. The molecule has 0 spiro atoms. The van der Waals surface area contributed by atoms with Gasteiger partial charge >= 0.3 is 5.69 Å². The lowest BCUT2D eigenvalue weighted by Gasteiger charge is -2.14. The lowest BCUT2D eigenvalue weighted by Crippen LogP contribution is -2.34. The molecule has 4 rings (SSSR count). The molecule has 1 N–H and O–H groups in total. The predicted molar refractivity (Wildman–Crippen MR) is 128 cm³/mol. The van der Waals surface area contributed by atoms with Crippen molar-refractivity contribution in [2.75, 3.05) is 7.11 Å². The number of carbonyl (C=O) groups is 1. The standard InChI is InChI=1S/C23H22ClN5O3S/c1-15(17-5-9-19(32-2)10-6-17)26-20(30)13-29-23(31)28-12-11-25-22(21(28)27-29)33-14-16-3-7-18(24)8-4-16/h3-12,15H,13-14H2,1-2H3,(H,26,30)/t15-/m1/s1. The molecule has 0 saturated heterocycles. The molecule has 2 heterocycles. The van der Waals surface area contributed by atoms with Gasteiger partial charge in [-0.25, -0.2) is 18.9 Å². The van der Waals surface area contributed by atoms with Crippen LogP contribution in [0.25, 0.3) is 5.65 Å². The van der Waals surface area contributed by atoms with Gasteiger partial charge in [-0.3, -0.25) is 4.79 Å². The van der Waals surface area contributed by atoms with Gasteiger partial charge in [0.15, 0.2) is 5.65 Å². The average Bonchev–Trinajstić information content (AvgIpc) is 3.14. The summed E-state index contributed by atoms with van der Waals surface area (Å²) >= 11 is 7.40. The van der Waals surface area contributed by atoms with Gasteiger partial charge in [0.05, 0.1) is 13.2 Å². The summed E-state index contributed by atoms with van der Waals surface area (Å²) < 4.78 is 7.71. The summed E-state index contributed by atoms with van der Waals surface area (Å²) in [6, 6.07) is 14.7. The van der Waals surface area contributed by atoms with Gasteiger partial charge < -0.3 is 10.1 Å². The molecule has 2 aromatic carbocycles. The van der Waals surface area contributed by atoms with E-state index in [1.165, 1.54) is 16.2 Å². The molecule has 10 heteroatoms. The summed E-state index contributed by atoms with van der Waals surface area (Å²) in [5.41, 5.74) is 2.02. The topological polar surface area (TPSA) is 90.5 Å². The number of hydrogen-bond acceptors (Lipinski definition) is 6. The zero-order valence-electron chi connectivity index (χ0n) is 18.1. The molecule has 0 fully saturated rings. The van der Waals surface area contributed by atoms with Crippen LogP contribution >= 0.6 is 23.4 Å². The molecule has 0 aliphatic carbocycles. The van der Waals surface area contributed by atoms with E-state index in [4.69, 9.17) is 16.3 Å². The SMILES string of the molecule is COc1ccc([C@@H](C)NC(=O)Cn2nc3c(SCc4ccc(Cl)cc4)nccn3c2=O)cc1. The van der Waals surface area contributed by atoms with Crippen LogP contribution in [0.1, 0.15) is 24.1 Å². The number of fused-ring (bicyclic) bond motifs is 1. The van der Waals surface area contributed by atoms with Crippen molar-refractivity contribution in [1.29, 1.82) is 0 Å². The third-order valence-electron chi connectivity index (χ3n) is 5.04. The molecule has 0 bridgehead atoms. The fourth-order valence-corrected chi connectivity index (χ4v) is 4.29. The highest BCUT2D eigenvalue weighted by Crippen LogP contribution is 2.24. The number of ether oxygens (including phenoxy) is 1. The van der Waals surface area contributed by atoms with E-state index in [1.54, 1.807) is 19.5 Å². The number of methoxy groups -OCH3 is 1. The van der Waals surface area contributed by atoms with Crippen LogP contribution in [0, 0.1) is 0 Å². The Morgan fingerprint density at radius 1 is 1.18 bits per heavy atom. The Morgan fingerprint density at radius 2 is 1.91 bits per heavy atom. The Bertz CT molecular complexity index is 1320. The highest BCUT2D eigenvalue weighted by Gasteiger charge is 2.16. The molecule has 0 unspecified atom stereocenters. The van der Waals surface area contributed by atoms with E-state index < -0.39 is 5.69 Å². The Balaban J connectivity index is 1.46. The van der Waals surface area contributed by atoms with Crippen LogP contribution in [0.15, 0.2) is 70.7 Å². The van der Waals surface area contributed by atoms with E-state index in [1.807, 2.05) is 55.5 Å². The molecule has 0 saturated carbocycles. The average molecular weight is 484 g/mol. The first kappa shape index (κ1) is 22.9. The van der Waals surface area contributed by atoms with Crippen molar-refractivity contribution in [1.82, 2.24) is 24.5 Å². The van der Waals surface area contributed by atoms with Crippen molar-refractivity contribution in [3.8, 4) is 5.75 Å². The number of thioether (sulfide) groups is 1. The van der Waals surface area contributed by atoms with Gasteiger partial charge in [-0.2, -0.15) is 0 Å². The number of nitrogens with one attached hydrogen (secondary N) is 1. The summed E-state index contributed by atoms with van der Waals surface area (Å²) in [5.74, 6) is 1.07. The molecule has 4 aromatic rings. The van der Waals surface area contributed by atoms with E-state index in [2.05, 4.69) is 15.4 Å². The highest BCUT2D eigenvalue weighted by molar-refractivity contribution is 7.98. The van der Waals surface area contributed by atoms with Crippen LogP contribution in [0.4, 0.5) is 0 Å². The van der Waals surface area contributed by atoms with Crippen molar-refractivity contribution in [2.24, 2.45) is 0 Å². The van der Waals surface area contributed by atoms with E-state index >= 15 is 0 Å². The third kappa shape index (κ3) is 5.37. The summed E-state index contributed by atoms with van der Waals surface area (Å²) in [7, 11) is 1.60. The van der Waals surface area contributed by atoms with Gasteiger partial charge in [-0.1, -0.05) is 47.6 Å². The second-order valence-corrected chi connectivity index (χ2v) is 8.74. The molecule has 0 aliphatic heterocycles. The van der Waals surface area contributed by atoms with Crippen LogP contribution in [0.5, 0.6) is 5.75 Å². The fraction of sp³-hybridized carbons (Fsp3) is 0.217. The summed E-state index contributed by atoms with van der Waals surface area (Å²) in [6.45, 7) is 1.68. The number of nitrogens with zero attached hydrogens (tertiary/aromatic N) is 4. The van der Waals surface area contributed by atoms with E-state index in [-0.39, 0.29) is 18.5 Å². The van der Waals surface area contributed by atoms with E-state index in [0.29, 0.717) is 21.4 Å². The number of halogens is 1. The van der Waals surface area contributed by atoms with Crippen molar-refractivity contribution >= 4 is 34.9 Å². The van der Waals surface area contributed by atoms with Crippen molar-refractivity contribution in [3.63, 3.8) is 0 Å². The monoisotopic (exact) mass is 483 g/mol. The zero-order chi connectivity index (χ0) is 23.4. The quantitative estimate of drug-likeness (QED) is 0.384. The van der Waals surface area contributed by atoms with Crippen molar-refractivity contribution in [2.45, 2.75) is 30.3 Å². The van der Waals surface area contributed by atoms with E-state index in [0.717, 1.165) is 21.6 Å². The van der Waals surface area contributed by atoms with Crippen LogP contribution < -0.4 is 15.7 Å². The number of benzene rings is 2. The van der Waals surface area contributed by atoms with Gasteiger partial charge in [-0.15, -0.1) is 5.10 Å². The molecule has 8 nitrogen and oxygen atoms in total. The number of rotatable bonds is 8. The summed E-state index contributed by atoms with van der Waals surface area (Å²) in [6.07, 6.45) is 3.10. The maximum Gasteiger partial charge on any atom is 0.350 e. The summed E-state index contributed by atoms with van der Waals surface area (Å²) in [5, 5.41) is 8.55. The Hall–Kier alpha value is -3.30. The fourth-order valence-electron chi connectivity index (χ4n) is 3.26. The summed E-state index contributed by atoms with van der Waals surface area (Å²) in [4.78, 5) is 29.7.